The highest BCUT2D eigenvalue weighted by atomic mass is 16.2. The predicted molar refractivity (Wildman–Crippen MR) is 70.8 cm³/mol. The highest BCUT2D eigenvalue weighted by Gasteiger charge is 2.30. The van der Waals surface area contributed by atoms with E-state index in [-0.39, 0.29) is 23.7 Å². The number of rotatable bonds is 4. The largest absolute Gasteiger partial charge is 0.356 e. The van der Waals surface area contributed by atoms with Gasteiger partial charge in [-0.05, 0) is 25.7 Å². The first-order valence-electron chi connectivity index (χ1n) is 6.79. The Morgan fingerprint density at radius 1 is 1.33 bits per heavy atom. The van der Waals surface area contributed by atoms with Crippen LogP contribution in [0.25, 0.3) is 0 Å². The summed E-state index contributed by atoms with van der Waals surface area (Å²) in [6.07, 6.45) is 1.48. The van der Waals surface area contributed by atoms with Gasteiger partial charge in [0.1, 0.15) is 0 Å². The molecule has 5 nitrogen and oxygen atoms in total. The maximum absolute atomic E-state index is 12.0. The molecular weight excluding hydrogens is 230 g/mol. The van der Waals surface area contributed by atoms with Gasteiger partial charge < -0.3 is 16.0 Å². The van der Waals surface area contributed by atoms with Gasteiger partial charge in [0.15, 0.2) is 0 Å². The molecule has 0 spiro atoms. The third-order valence-corrected chi connectivity index (χ3v) is 3.53. The summed E-state index contributed by atoms with van der Waals surface area (Å²) in [6, 6.07) is -0.425. The van der Waals surface area contributed by atoms with Crippen molar-refractivity contribution in [3.63, 3.8) is 0 Å². The maximum Gasteiger partial charge on any atom is 0.239 e. The molecule has 0 aromatic heterocycles. The molecule has 0 saturated carbocycles. The fraction of sp³-hybridized carbons (Fsp3) is 0.846. The highest BCUT2D eigenvalue weighted by molar-refractivity contribution is 5.83. The first-order chi connectivity index (χ1) is 8.47. The number of hydrogen-bond donors (Lipinski definition) is 2. The van der Waals surface area contributed by atoms with Crippen LogP contribution in [0.4, 0.5) is 0 Å². The molecule has 5 heteroatoms. The molecule has 0 aliphatic carbocycles. The second-order valence-electron chi connectivity index (χ2n) is 5.26. The Bertz CT molecular complexity index is 297. The lowest BCUT2D eigenvalue weighted by molar-refractivity contribution is -0.137. The average molecular weight is 255 g/mol. The third kappa shape index (κ3) is 3.70. The van der Waals surface area contributed by atoms with E-state index >= 15 is 0 Å². The molecule has 1 fully saturated rings. The zero-order chi connectivity index (χ0) is 13.7. The molecule has 1 aliphatic rings. The Hall–Kier alpha value is -1.10. The minimum absolute atomic E-state index is 0.0133. The van der Waals surface area contributed by atoms with Gasteiger partial charge in [-0.25, -0.2) is 0 Å². The van der Waals surface area contributed by atoms with Gasteiger partial charge in [-0.2, -0.15) is 0 Å². The molecule has 18 heavy (non-hydrogen) atoms. The minimum atomic E-state index is -0.425. The summed E-state index contributed by atoms with van der Waals surface area (Å²) in [5.41, 5.74) is 5.86. The average Bonchev–Trinajstić information content (AvgIpc) is 2.37. The third-order valence-electron chi connectivity index (χ3n) is 3.53. The molecular formula is C13H25N3O2. The van der Waals surface area contributed by atoms with E-state index < -0.39 is 6.04 Å². The lowest BCUT2D eigenvalue weighted by Crippen LogP contribution is -2.50. The predicted octanol–water partition coefficient (Wildman–Crippen LogP) is 0.344. The van der Waals surface area contributed by atoms with E-state index in [9.17, 15) is 9.59 Å². The van der Waals surface area contributed by atoms with Crippen LogP contribution in [0, 0.1) is 11.8 Å². The smallest absolute Gasteiger partial charge is 0.239 e. The van der Waals surface area contributed by atoms with Crippen LogP contribution in [0.2, 0.25) is 0 Å². The van der Waals surface area contributed by atoms with Crippen molar-refractivity contribution < 1.29 is 9.59 Å². The zero-order valence-corrected chi connectivity index (χ0v) is 11.6. The lowest BCUT2D eigenvalue weighted by Gasteiger charge is -2.33. The summed E-state index contributed by atoms with van der Waals surface area (Å²) in [5.74, 6) is 0.319. The molecule has 1 saturated heterocycles. The second-order valence-corrected chi connectivity index (χ2v) is 5.26. The van der Waals surface area contributed by atoms with Gasteiger partial charge in [0.25, 0.3) is 0 Å². The van der Waals surface area contributed by atoms with E-state index in [1.807, 2.05) is 20.8 Å². The van der Waals surface area contributed by atoms with Crippen LogP contribution >= 0.6 is 0 Å². The van der Waals surface area contributed by atoms with Crippen molar-refractivity contribution in [2.24, 2.45) is 17.6 Å². The van der Waals surface area contributed by atoms with E-state index in [1.54, 1.807) is 4.90 Å². The van der Waals surface area contributed by atoms with Crippen LogP contribution in [0.5, 0.6) is 0 Å². The van der Waals surface area contributed by atoms with Gasteiger partial charge in [0, 0.05) is 25.6 Å². The summed E-state index contributed by atoms with van der Waals surface area (Å²) < 4.78 is 0. The first-order valence-corrected chi connectivity index (χ1v) is 6.79. The van der Waals surface area contributed by atoms with E-state index in [2.05, 4.69) is 5.32 Å². The van der Waals surface area contributed by atoms with Crippen LogP contribution in [0.15, 0.2) is 0 Å². The van der Waals surface area contributed by atoms with Crippen LogP contribution in [0.1, 0.15) is 33.6 Å². The van der Waals surface area contributed by atoms with E-state index in [1.165, 1.54) is 0 Å². The standard InChI is InChI=1S/C13H25N3O2/c1-4-15-12(17)10-5-7-16(8-6-10)13(18)11(14)9(2)3/h9-11H,4-8,14H2,1-3H3,(H,15,17). The molecule has 3 N–H and O–H groups in total. The SMILES string of the molecule is CCNC(=O)C1CCN(C(=O)C(N)C(C)C)CC1. The van der Waals surface area contributed by atoms with E-state index in [4.69, 9.17) is 5.73 Å². The van der Waals surface area contributed by atoms with Gasteiger partial charge >= 0.3 is 0 Å². The molecule has 1 heterocycles. The normalized spacial score (nSPS) is 18.8. The monoisotopic (exact) mass is 255 g/mol. The zero-order valence-electron chi connectivity index (χ0n) is 11.6. The number of nitrogens with zero attached hydrogens (tertiary/aromatic N) is 1. The molecule has 104 valence electrons. The maximum atomic E-state index is 12.0. The molecule has 0 aromatic carbocycles. The van der Waals surface area contributed by atoms with Crippen LogP contribution in [-0.2, 0) is 9.59 Å². The Kier molecular flexibility index (Phi) is 5.59. The highest BCUT2D eigenvalue weighted by Crippen LogP contribution is 2.18. The van der Waals surface area contributed by atoms with Gasteiger partial charge in [-0.15, -0.1) is 0 Å². The van der Waals surface area contributed by atoms with Crippen LogP contribution < -0.4 is 11.1 Å². The van der Waals surface area contributed by atoms with Gasteiger partial charge in [0.05, 0.1) is 6.04 Å². The summed E-state index contributed by atoms with van der Waals surface area (Å²) in [5, 5.41) is 2.83. The van der Waals surface area contributed by atoms with Crippen LogP contribution in [0.3, 0.4) is 0 Å². The Morgan fingerprint density at radius 3 is 2.33 bits per heavy atom. The Labute approximate surface area is 109 Å². The quantitative estimate of drug-likeness (QED) is 0.761. The lowest BCUT2D eigenvalue weighted by atomic mass is 9.94. The number of likely N-dealkylation sites (tertiary alicyclic amines) is 1. The van der Waals surface area contributed by atoms with Crippen molar-refractivity contribution in [2.75, 3.05) is 19.6 Å². The Balaban J connectivity index is 2.44. The van der Waals surface area contributed by atoms with Gasteiger partial charge in [-0.3, -0.25) is 9.59 Å². The molecule has 1 rings (SSSR count). The van der Waals surface area contributed by atoms with Crippen molar-refractivity contribution in [1.29, 1.82) is 0 Å². The number of carbonyl (C=O) groups excluding carboxylic acids is 2. The van der Waals surface area contributed by atoms with E-state index in [0.29, 0.717) is 19.6 Å². The molecule has 1 aliphatic heterocycles. The van der Waals surface area contributed by atoms with Gasteiger partial charge in [0.2, 0.25) is 11.8 Å². The second kappa shape index (κ2) is 6.73. The number of nitrogens with two attached hydrogens (primary N) is 1. The molecule has 2 amide bonds. The van der Waals surface area contributed by atoms with E-state index in [0.717, 1.165) is 12.8 Å². The fourth-order valence-electron chi connectivity index (χ4n) is 2.18. The summed E-state index contributed by atoms with van der Waals surface area (Å²) in [7, 11) is 0. The molecule has 0 bridgehead atoms. The number of amides is 2. The fourth-order valence-corrected chi connectivity index (χ4v) is 2.18. The van der Waals surface area contributed by atoms with Crippen molar-refractivity contribution in [3.8, 4) is 0 Å². The first kappa shape index (κ1) is 15.0. The molecule has 1 atom stereocenters. The minimum Gasteiger partial charge on any atom is -0.356 e. The molecule has 1 unspecified atom stereocenters. The summed E-state index contributed by atoms with van der Waals surface area (Å²) >= 11 is 0. The van der Waals surface area contributed by atoms with Crippen molar-refractivity contribution in [3.05, 3.63) is 0 Å². The number of hydrogen-bond acceptors (Lipinski definition) is 3. The number of carbonyl (C=O) groups is 2. The van der Waals surface area contributed by atoms with Crippen molar-refractivity contribution in [2.45, 2.75) is 39.7 Å². The molecule has 0 aromatic rings. The number of nitrogens with one attached hydrogen (secondary N) is 1. The van der Waals surface area contributed by atoms with Crippen LogP contribution in [-0.4, -0.2) is 42.4 Å². The Morgan fingerprint density at radius 2 is 1.89 bits per heavy atom. The van der Waals surface area contributed by atoms with Gasteiger partial charge in [-0.1, -0.05) is 13.8 Å². The summed E-state index contributed by atoms with van der Waals surface area (Å²) in [4.78, 5) is 25.5. The summed E-state index contributed by atoms with van der Waals surface area (Å²) in [6.45, 7) is 7.75. The molecule has 0 radical (unpaired) electrons. The topological polar surface area (TPSA) is 75.4 Å². The van der Waals surface area contributed by atoms with Crippen molar-refractivity contribution in [1.82, 2.24) is 10.2 Å². The van der Waals surface area contributed by atoms with Crippen molar-refractivity contribution >= 4 is 11.8 Å². The number of piperidine rings is 1.